The number of nitro groups is 2. The number of amides is 1. The maximum Gasteiger partial charge on any atom is 0.292 e. The summed E-state index contributed by atoms with van der Waals surface area (Å²) in [4.78, 5) is 32.7. The molecule has 0 unspecified atom stereocenters. The summed E-state index contributed by atoms with van der Waals surface area (Å²) in [5, 5.41) is 27.0. The lowest BCUT2D eigenvalue weighted by molar-refractivity contribution is -0.384. The summed E-state index contributed by atoms with van der Waals surface area (Å²) in [5.41, 5.74) is 0.161. The minimum absolute atomic E-state index is 0.0835. The summed E-state index contributed by atoms with van der Waals surface area (Å²) in [7, 11) is 0. The smallest absolute Gasteiger partial charge is 0.292 e. The van der Waals surface area contributed by atoms with E-state index in [0.29, 0.717) is 5.69 Å². The Labute approximate surface area is 136 Å². The zero-order valence-corrected chi connectivity index (χ0v) is 12.6. The van der Waals surface area contributed by atoms with Crippen LogP contribution in [0.5, 0.6) is 0 Å². The lowest BCUT2D eigenvalue weighted by Gasteiger charge is -2.15. The van der Waals surface area contributed by atoms with Crippen molar-refractivity contribution in [1.29, 1.82) is 0 Å². The highest BCUT2D eigenvalue weighted by Gasteiger charge is 2.19. The Balaban J connectivity index is 2.09. The first-order valence-electron chi connectivity index (χ1n) is 6.94. The number of hydrogen-bond donors (Lipinski definition) is 2. The van der Waals surface area contributed by atoms with Crippen LogP contribution in [0.25, 0.3) is 0 Å². The molecular weight excluding hydrogens is 316 g/mol. The molecule has 2 aromatic carbocycles. The van der Waals surface area contributed by atoms with E-state index in [1.54, 1.807) is 19.1 Å². The lowest BCUT2D eigenvalue weighted by atomic mass is 10.2. The average molecular weight is 330 g/mol. The van der Waals surface area contributed by atoms with E-state index >= 15 is 0 Å². The zero-order valence-electron chi connectivity index (χ0n) is 12.6. The van der Waals surface area contributed by atoms with Crippen LogP contribution in [0.3, 0.4) is 0 Å². The Morgan fingerprint density at radius 1 is 1.04 bits per heavy atom. The summed E-state index contributed by atoms with van der Waals surface area (Å²) in [6.07, 6.45) is 0. The SMILES string of the molecule is C[C@H](Nc1cccc([N+](=O)[O-])c1)C(=O)Nc1ccccc1[N+](=O)[O-]. The molecule has 24 heavy (non-hydrogen) atoms. The zero-order chi connectivity index (χ0) is 17.7. The van der Waals surface area contributed by atoms with Gasteiger partial charge in [-0.2, -0.15) is 0 Å². The van der Waals surface area contributed by atoms with Crippen molar-refractivity contribution in [3.05, 3.63) is 68.8 Å². The number of para-hydroxylation sites is 2. The molecule has 0 aromatic heterocycles. The lowest BCUT2D eigenvalue weighted by Crippen LogP contribution is -2.32. The van der Waals surface area contributed by atoms with Crippen LogP contribution in [0.2, 0.25) is 0 Å². The minimum atomic E-state index is -0.758. The summed E-state index contributed by atoms with van der Waals surface area (Å²) >= 11 is 0. The van der Waals surface area contributed by atoms with Gasteiger partial charge in [0, 0.05) is 23.9 Å². The van der Waals surface area contributed by atoms with E-state index in [0.717, 1.165) is 0 Å². The maximum absolute atomic E-state index is 12.2. The van der Waals surface area contributed by atoms with E-state index in [1.165, 1.54) is 36.4 Å². The monoisotopic (exact) mass is 330 g/mol. The third-order valence-electron chi connectivity index (χ3n) is 3.19. The number of nitrogens with one attached hydrogen (secondary N) is 2. The Hall–Kier alpha value is -3.49. The number of carbonyl (C=O) groups excluding carboxylic acids is 1. The van der Waals surface area contributed by atoms with Crippen LogP contribution in [0.4, 0.5) is 22.7 Å². The van der Waals surface area contributed by atoms with Gasteiger partial charge < -0.3 is 10.6 Å². The topological polar surface area (TPSA) is 127 Å². The molecule has 2 rings (SSSR count). The molecule has 2 N–H and O–H groups in total. The molecule has 0 aliphatic carbocycles. The van der Waals surface area contributed by atoms with Crippen LogP contribution < -0.4 is 10.6 Å². The molecule has 124 valence electrons. The second-order valence-electron chi connectivity index (χ2n) is 4.94. The number of hydrogen-bond acceptors (Lipinski definition) is 6. The first-order chi connectivity index (χ1) is 11.4. The van der Waals surface area contributed by atoms with Gasteiger partial charge in [-0.25, -0.2) is 0 Å². The molecular formula is C15H14N4O5. The predicted molar refractivity (Wildman–Crippen MR) is 87.9 cm³/mol. The Morgan fingerprint density at radius 2 is 1.75 bits per heavy atom. The summed E-state index contributed by atoms with van der Waals surface area (Å²) in [6, 6.07) is 10.7. The third-order valence-corrected chi connectivity index (χ3v) is 3.19. The van der Waals surface area contributed by atoms with E-state index < -0.39 is 21.8 Å². The van der Waals surface area contributed by atoms with E-state index in [1.807, 2.05) is 0 Å². The molecule has 0 heterocycles. The number of nitro benzene ring substituents is 2. The van der Waals surface area contributed by atoms with Gasteiger partial charge in [0.1, 0.15) is 11.7 Å². The van der Waals surface area contributed by atoms with Gasteiger partial charge in [0.15, 0.2) is 0 Å². The molecule has 0 bridgehead atoms. The molecule has 9 nitrogen and oxygen atoms in total. The van der Waals surface area contributed by atoms with Gasteiger partial charge in [-0.3, -0.25) is 25.0 Å². The Kier molecular flexibility index (Phi) is 5.05. The minimum Gasteiger partial charge on any atom is -0.374 e. The standard InChI is InChI=1S/C15H14N4O5/c1-10(16-11-5-4-6-12(9-11)18(21)22)15(20)17-13-7-2-3-8-14(13)19(23)24/h2-10,16H,1H3,(H,17,20)/t10-/m0/s1. The predicted octanol–water partition coefficient (Wildman–Crippen LogP) is 2.94. The molecule has 0 fully saturated rings. The number of carbonyl (C=O) groups is 1. The van der Waals surface area contributed by atoms with Crippen LogP contribution >= 0.6 is 0 Å². The van der Waals surface area contributed by atoms with E-state index in [4.69, 9.17) is 0 Å². The van der Waals surface area contributed by atoms with Gasteiger partial charge in [0.05, 0.1) is 9.85 Å². The molecule has 1 atom stereocenters. The molecule has 0 saturated carbocycles. The quantitative estimate of drug-likeness (QED) is 0.619. The fraction of sp³-hybridized carbons (Fsp3) is 0.133. The Bertz CT molecular complexity index is 793. The highest BCUT2D eigenvalue weighted by atomic mass is 16.6. The van der Waals surface area contributed by atoms with Crippen molar-refractivity contribution in [2.24, 2.45) is 0 Å². The largest absolute Gasteiger partial charge is 0.374 e. The van der Waals surface area contributed by atoms with Gasteiger partial charge in [0.2, 0.25) is 5.91 Å². The van der Waals surface area contributed by atoms with E-state index in [9.17, 15) is 25.0 Å². The number of nitrogens with zero attached hydrogens (tertiary/aromatic N) is 2. The second-order valence-corrected chi connectivity index (χ2v) is 4.94. The number of benzene rings is 2. The van der Waals surface area contributed by atoms with Crippen LogP contribution in [0, 0.1) is 20.2 Å². The van der Waals surface area contributed by atoms with Crippen molar-refractivity contribution >= 4 is 28.7 Å². The fourth-order valence-electron chi connectivity index (χ4n) is 2.00. The molecule has 0 saturated heterocycles. The van der Waals surface area contributed by atoms with Crippen molar-refractivity contribution < 1.29 is 14.6 Å². The number of anilines is 2. The summed E-state index contributed by atoms with van der Waals surface area (Å²) < 4.78 is 0. The number of rotatable bonds is 6. The van der Waals surface area contributed by atoms with Gasteiger partial charge in [0.25, 0.3) is 11.4 Å². The van der Waals surface area contributed by atoms with Gasteiger partial charge in [-0.15, -0.1) is 0 Å². The second kappa shape index (κ2) is 7.18. The first kappa shape index (κ1) is 16.9. The highest BCUT2D eigenvalue weighted by molar-refractivity contribution is 5.98. The molecule has 1 amide bonds. The molecule has 0 aliphatic heterocycles. The Morgan fingerprint density at radius 3 is 2.42 bits per heavy atom. The van der Waals surface area contributed by atoms with Crippen LogP contribution in [-0.2, 0) is 4.79 Å². The first-order valence-corrected chi connectivity index (χ1v) is 6.94. The van der Waals surface area contributed by atoms with Crippen molar-refractivity contribution in [2.45, 2.75) is 13.0 Å². The van der Waals surface area contributed by atoms with Crippen LogP contribution in [-0.4, -0.2) is 21.8 Å². The maximum atomic E-state index is 12.2. The normalized spacial score (nSPS) is 11.4. The van der Waals surface area contributed by atoms with Crippen LogP contribution in [0.1, 0.15) is 6.92 Å². The molecule has 0 aliphatic rings. The molecule has 0 spiro atoms. The van der Waals surface area contributed by atoms with Crippen molar-refractivity contribution in [2.75, 3.05) is 10.6 Å². The third kappa shape index (κ3) is 4.03. The number of non-ortho nitro benzene ring substituents is 1. The van der Waals surface area contributed by atoms with Gasteiger partial charge in [-0.05, 0) is 19.1 Å². The van der Waals surface area contributed by atoms with E-state index in [2.05, 4.69) is 10.6 Å². The molecule has 9 heteroatoms. The van der Waals surface area contributed by atoms with Crippen molar-refractivity contribution in [3.63, 3.8) is 0 Å². The highest BCUT2D eigenvalue weighted by Crippen LogP contribution is 2.23. The van der Waals surface area contributed by atoms with Gasteiger partial charge >= 0.3 is 0 Å². The summed E-state index contributed by atoms with van der Waals surface area (Å²) in [5.74, 6) is -0.504. The fourth-order valence-corrected chi connectivity index (χ4v) is 2.00. The van der Waals surface area contributed by atoms with Crippen LogP contribution in [0.15, 0.2) is 48.5 Å². The average Bonchev–Trinajstić information content (AvgIpc) is 2.55. The van der Waals surface area contributed by atoms with Crippen molar-refractivity contribution in [1.82, 2.24) is 0 Å². The molecule has 2 aromatic rings. The van der Waals surface area contributed by atoms with Gasteiger partial charge in [-0.1, -0.05) is 18.2 Å². The molecule has 0 radical (unpaired) electrons. The van der Waals surface area contributed by atoms with Crippen molar-refractivity contribution in [3.8, 4) is 0 Å². The van der Waals surface area contributed by atoms with E-state index in [-0.39, 0.29) is 17.1 Å². The summed E-state index contributed by atoms with van der Waals surface area (Å²) in [6.45, 7) is 1.54.